The number of non-ortho nitro benzene ring substituents is 1. The van der Waals surface area contributed by atoms with Gasteiger partial charge in [0, 0.05) is 29.8 Å². The molecule has 0 aliphatic carbocycles. The molecule has 13 heteroatoms. The Morgan fingerprint density at radius 3 is 2.22 bits per heavy atom. The largest absolute Gasteiger partial charge is 0.451 e. The van der Waals surface area contributed by atoms with Gasteiger partial charge in [-0.15, -0.1) is 11.8 Å². The molecule has 3 aromatic rings. The van der Waals surface area contributed by atoms with Crippen LogP contribution >= 0.6 is 11.8 Å². The fraction of sp³-hybridized carbons (Fsp3) is 0.278. The van der Waals surface area contributed by atoms with Gasteiger partial charge in [-0.05, 0) is 54.9 Å². The van der Waals surface area contributed by atoms with E-state index in [9.17, 15) is 29.3 Å². The minimum absolute atomic E-state index is 0.204. The van der Waals surface area contributed by atoms with E-state index in [0.717, 1.165) is 0 Å². The molecule has 3 aliphatic heterocycles. The van der Waals surface area contributed by atoms with Gasteiger partial charge >= 0.3 is 12.1 Å². The SMILES string of the molecule is CC(C)(C)OC(=O)N[C@@H]1C(=O)N2[C@@H](C(=O)OC(c3ccccc3)c3ccccc3)C(C(=C3CCNC3=O)c3cccc([N+](=O)[O-])c3)=CS[C@H]12. The lowest BCUT2D eigenvalue weighted by Crippen LogP contribution is -2.74. The van der Waals surface area contributed by atoms with Gasteiger partial charge in [0.1, 0.15) is 17.0 Å². The van der Waals surface area contributed by atoms with E-state index in [-0.39, 0.29) is 23.6 Å². The van der Waals surface area contributed by atoms with E-state index in [1.54, 1.807) is 32.2 Å². The molecule has 3 aromatic carbocycles. The normalized spacial score (nSPS) is 21.2. The fourth-order valence-electron chi connectivity index (χ4n) is 6.08. The van der Waals surface area contributed by atoms with Crippen molar-refractivity contribution in [3.05, 3.63) is 128 Å². The highest BCUT2D eigenvalue weighted by atomic mass is 32.2. The summed E-state index contributed by atoms with van der Waals surface area (Å²) in [5.41, 5.74) is 1.63. The van der Waals surface area contributed by atoms with Gasteiger partial charge in [0.25, 0.3) is 5.69 Å². The first kappa shape index (κ1) is 33.5. The number of nitro benzene ring substituents is 1. The first-order chi connectivity index (χ1) is 23.4. The molecule has 49 heavy (non-hydrogen) atoms. The van der Waals surface area contributed by atoms with Crippen LogP contribution in [0.15, 0.2) is 101 Å². The van der Waals surface area contributed by atoms with Gasteiger partial charge in [0.15, 0.2) is 12.1 Å². The van der Waals surface area contributed by atoms with Crippen molar-refractivity contribution in [3.63, 3.8) is 0 Å². The third-order valence-electron chi connectivity index (χ3n) is 8.19. The van der Waals surface area contributed by atoms with Crippen molar-refractivity contribution in [3.8, 4) is 0 Å². The Morgan fingerprint density at radius 1 is 1.00 bits per heavy atom. The number of nitrogens with zero attached hydrogens (tertiary/aromatic N) is 2. The summed E-state index contributed by atoms with van der Waals surface area (Å²) in [5.74, 6) is -1.71. The van der Waals surface area contributed by atoms with Gasteiger partial charge in [-0.2, -0.15) is 0 Å². The van der Waals surface area contributed by atoms with Crippen molar-refractivity contribution < 1.29 is 33.6 Å². The monoisotopic (exact) mass is 682 g/mol. The molecule has 6 rings (SSSR count). The van der Waals surface area contributed by atoms with Crippen LogP contribution in [0.5, 0.6) is 0 Å². The number of benzene rings is 3. The molecule has 3 atom stereocenters. The summed E-state index contributed by atoms with van der Waals surface area (Å²) in [7, 11) is 0. The second-order valence-corrected chi connectivity index (χ2v) is 13.7. The number of carbonyl (C=O) groups excluding carboxylic acids is 4. The standard InChI is InChI=1S/C36H34N4O8S/c1-36(2,3)48-35(44)38-28-32(42)39-29(34(43)47-30(21-11-6-4-7-12-21)22-13-8-5-9-14-22)26(20-49-33(28)39)27(25-17-18-37-31(25)41)23-15-10-16-24(19-23)40(45)46/h4-16,19-20,28-30,33H,17-18H2,1-3H3,(H,37,41)(H,38,44)/t28-,29-,33-/m1/s1. The van der Waals surface area contributed by atoms with Crippen molar-refractivity contribution in [1.82, 2.24) is 15.5 Å². The van der Waals surface area contributed by atoms with E-state index in [1.807, 2.05) is 60.7 Å². The Labute approximate surface area is 286 Å². The second kappa shape index (κ2) is 13.6. The number of nitrogens with one attached hydrogen (secondary N) is 2. The zero-order valence-electron chi connectivity index (χ0n) is 27.0. The number of amides is 3. The highest BCUT2D eigenvalue weighted by Gasteiger charge is 2.57. The lowest BCUT2D eigenvalue weighted by Gasteiger charge is -2.52. The molecule has 0 radical (unpaired) electrons. The molecule has 12 nitrogen and oxygen atoms in total. The maximum atomic E-state index is 14.6. The van der Waals surface area contributed by atoms with Crippen LogP contribution in [0, 0.1) is 10.1 Å². The molecule has 3 aliphatic rings. The van der Waals surface area contributed by atoms with Crippen molar-refractivity contribution >= 4 is 46.9 Å². The van der Waals surface area contributed by atoms with Crippen LogP contribution in [0.4, 0.5) is 10.5 Å². The predicted molar refractivity (Wildman–Crippen MR) is 182 cm³/mol. The Bertz CT molecular complexity index is 1830. The second-order valence-electron chi connectivity index (χ2n) is 12.7. The summed E-state index contributed by atoms with van der Waals surface area (Å²) in [6.45, 7) is 5.45. The molecule has 3 amide bonds. The number of nitro groups is 1. The maximum absolute atomic E-state index is 14.6. The number of ether oxygens (including phenoxy) is 2. The molecule has 0 saturated carbocycles. The third kappa shape index (κ3) is 6.93. The van der Waals surface area contributed by atoms with Crippen molar-refractivity contribution in [2.75, 3.05) is 6.54 Å². The van der Waals surface area contributed by atoms with Gasteiger partial charge in [-0.1, -0.05) is 72.8 Å². The molecule has 2 fully saturated rings. The number of β-lactam (4-membered cyclic amide) rings is 1. The molecule has 3 heterocycles. The topological polar surface area (TPSA) is 157 Å². The molecule has 252 valence electrons. The summed E-state index contributed by atoms with van der Waals surface area (Å²) in [5, 5.41) is 18.2. The molecular weight excluding hydrogens is 648 g/mol. The molecule has 0 aromatic heterocycles. The van der Waals surface area contributed by atoms with E-state index in [1.165, 1.54) is 34.9 Å². The van der Waals surface area contributed by atoms with Crippen molar-refractivity contribution in [2.45, 2.75) is 56.4 Å². The minimum Gasteiger partial charge on any atom is -0.451 e. The van der Waals surface area contributed by atoms with Crippen LogP contribution in [-0.2, 0) is 23.9 Å². The molecule has 2 saturated heterocycles. The van der Waals surface area contributed by atoms with Crippen LogP contribution in [-0.4, -0.2) is 63.3 Å². The summed E-state index contributed by atoms with van der Waals surface area (Å²) in [6, 6.07) is 21.8. The maximum Gasteiger partial charge on any atom is 0.408 e. The van der Waals surface area contributed by atoms with E-state index in [0.29, 0.717) is 34.4 Å². The first-order valence-electron chi connectivity index (χ1n) is 15.7. The van der Waals surface area contributed by atoms with Gasteiger partial charge in [-0.3, -0.25) is 19.7 Å². The number of esters is 1. The molecule has 0 unspecified atom stereocenters. The van der Waals surface area contributed by atoms with Gasteiger partial charge in [0.05, 0.1) is 4.92 Å². The van der Waals surface area contributed by atoms with Crippen LogP contribution in [0.2, 0.25) is 0 Å². The average molecular weight is 683 g/mol. The van der Waals surface area contributed by atoms with E-state index >= 15 is 0 Å². The Hall–Kier alpha value is -5.43. The van der Waals surface area contributed by atoms with Crippen molar-refractivity contribution in [1.29, 1.82) is 0 Å². The van der Waals surface area contributed by atoms with Crippen LogP contribution < -0.4 is 10.6 Å². The average Bonchev–Trinajstić information content (AvgIpc) is 3.50. The third-order valence-corrected chi connectivity index (χ3v) is 9.36. The number of hydrogen-bond donors (Lipinski definition) is 2. The van der Waals surface area contributed by atoms with E-state index in [4.69, 9.17) is 9.47 Å². The Kier molecular flexibility index (Phi) is 9.28. The van der Waals surface area contributed by atoms with Gasteiger partial charge in [0.2, 0.25) is 11.8 Å². The Balaban J connectivity index is 1.45. The minimum atomic E-state index is -1.36. The van der Waals surface area contributed by atoms with Crippen molar-refractivity contribution in [2.24, 2.45) is 0 Å². The first-order valence-corrected chi connectivity index (χ1v) is 16.6. The number of alkyl carbamates (subject to hydrolysis) is 1. The van der Waals surface area contributed by atoms with Crippen LogP contribution in [0.1, 0.15) is 50.0 Å². The van der Waals surface area contributed by atoms with E-state index in [2.05, 4.69) is 10.6 Å². The highest BCUT2D eigenvalue weighted by Crippen LogP contribution is 2.46. The molecule has 0 bridgehead atoms. The van der Waals surface area contributed by atoms with Gasteiger partial charge < -0.3 is 25.0 Å². The number of fused-ring (bicyclic) bond motifs is 1. The quantitative estimate of drug-likeness (QED) is 0.106. The summed E-state index contributed by atoms with van der Waals surface area (Å²) < 4.78 is 11.7. The van der Waals surface area contributed by atoms with Crippen LogP contribution in [0.25, 0.3) is 5.57 Å². The number of hydrogen-bond acceptors (Lipinski definition) is 9. The summed E-state index contributed by atoms with van der Waals surface area (Å²) in [4.78, 5) is 67.0. The smallest absolute Gasteiger partial charge is 0.408 e. The lowest BCUT2D eigenvalue weighted by molar-refractivity contribution is -0.384. The fourth-order valence-corrected chi connectivity index (χ4v) is 7.31. The molecule has 2 N–H and O–H groups in total. The summed E-state index contributed by atoms with van der Waals surface area (Å²) >= 11 is 1.18. The van der Waals surface area contributed by atoms with Gasteiger partial charge in [-0.25, -0.2) is 9.59 Å². The Morgan fingerprint density at radius 2 is 1.65 bits per heavy atom. The predicted octanol–water partition coefficient (Wildman–Crippen LogP) is 5.26. The zero-order chi connectivity index (χ0) is 34.9. The lowest BCUT2D eigenvalue weighted by atomic mass is 9.86. The van der Waals surface area contributed by atoms with Crippen LogP contribution in [0.3, 0.4) is 0 Å². The highest BCUT2D eigenvalue weighted by molar-refractivity contribution is 8.03. The van der Waals surface area contributed by atoms with E-state index < -0.39 is 52.1 Å². The summed E-state index contributed by atoms with van der Waals surface area (Å²) in [6.07, 6.45) is -1.34. The number of rotatable bonds is 8. The molecular formula is C36H34N4O8S. The number of carbonyl (C=O) groups is 4. The number of thioether (sulfide) groups is 1. The zero-order valence-corrected chi connectivity index (χ0v) is 27.8. The molecule has 0 spiro atoms.